The normalized spacial score (nSPS) is 27.0. The number of piperidine rings is 1. The largest absolute Gasteiger partial charge is 0.461 e. The second-order valence-corrected chi connectivity index (χ2v) is 13.5. The molecule has 3 saturated heterocycles. The third-order valence-corrected chi connectivity index (χ3v) is 10.5. The minimum atomic E-state index is -4.61. The number of anilines is 1. The van der Waals surface area contributed by atoms with Crippen molar-refractivity contribution in [2.24, 2.45) is 17.8 Å². The number of hydrogen-bond acceptors (Lipinski definition) is 6. The first-order valence-electron chi connectivity index (χ1n) is 15.8. The number of fused-ring (bicyclic) bond motifs is 5. The van der Waals surface area contributed by atoms with Gasteiger partial charge in [-0.1, -0.05) is 37.3 Å². The summed E-state index contributed by atoms with van der Waals surface area (Å²) in [4.78, 5) is 18.6. The lowest BCUT2D eigenvalue weighted by molar-refractivity contribution is -0.136. The van der Waals surface area contributed by atoms with Crippen LogP contribution in [0, 0.1) is 23.6 Å². The highest BCUT2D eigenvalue weighted by Gasteiger charge is 2.48. The molecule has 44 heavy (non-hydrogen) atoms. The van der Waals surface area contributed by atoms with Crippen molar-refractivity contribution in [3.05, 3.63) is 54.0 Å². The van der Waals surface area contributed by atoms with Gasteiger partial charge in [0, 0.05) is 36.8 Å². The van der Waals surface area contributed by atoms with Crippen LogP contribution in [0.4, 0.5) is 23.4 Å². The highest BCUT2D eigenvalue weighted by Crippen LogP contribution is 2.44. The first-order chi connectivity index (χ1) is 21.2. The molecule has 4 fully saturated rings. The Morgan fingerprint density at radius 2 is 1.80 bits per heavy atom. The summed E-state index contributed by atoms with van der Waals surface area (Å²) in [6.07, 6.45) is 3.63. The number of pyridine rings is 1. The van der Waals surface area contributed by atoms with Crippen LogP contribution >= 0.6 is 0 Å². The number of nitrogens with zero attached hydrogens (tertiary/aromatic N) is 5. The van der Waals surface area contributed by atoms with Crippen LogP contribution in [0.25, 0.3) is 32.9 Å². The molecule has 0 N–H and O–H groups in total. The van der Waals surface area contributed by atoms with Gasteiger partial charge in [-0.2, -0.15) is 23.1 Å². The first-order valence-corrected chi connectivity index (χ1v) is 15.8. The lowest BCUT2D eigenvalue weighted by atomic mass is 9.92. The number of rotatable bonds is 5. The smallest absolute Gasteiger partial charge is 0.417 e. The van der Waals surface area contributed by atoms with Crippen LogP contribution in [-0.4, -0.2) is 58.2 Å². The number of benzene rings is 2. The Labute approximate surface area is 253 Å². The van der Waals surface area contributed by atoms with Crippen molar-refractivity contribution < 1.29 is 22.3 Å². The van der Waals surface area contributed by atoms with Gasteiger partial charge in [-0.15, -0.1) is 0 Å². The molecular weight excluding hydrogens is 570 g/mol. The molecule has 2 unspecified atom stereocenters. The Hall–Kier alpha value is -3.53. The molecule has 3 aliphatic heterocycles. The molecule has 0 amide bonds. The summed E-state index contributed by atoms with van der Waals surface area (Å²) in [6.45, 7) is 6.40. The summed E-state index contributed by atoms with van der Waals surface area (Å²) >= 11 is 0. The van der Waals surface area contributed by atoms with E-state index in [1.54, 1.807) is 18.2 Å². The number of hydrogen-bond donors (Lipinski definition) is 0. The minimum absolute atomic E-state index is 0.0231. The molecule has 0 radical (unpaired) electrons. The Morgan fingerprint density at radius 3 is 2.57 bits per heavy atom. The third-order valence-electron chi connectivity index (χ3n) is 10.5. The van der Waals surface area contributed by atoms with Gasteiger partial charge in [-0.3, -0.25) is 9.88 Å². The summed E-state index contributed by atoms with van der Waals surface area (Å²) in [5.41, 5.74) is -0.960. The molecule has 8 rings (SSSR count). The summed E-state index contributed by atoms with van der Waals surface area (Å²) in [5, 5.41) is 0.731. The Kier molecular flexibility index (Phi) is 6.52. The fourth-order valence-electron chi connectivity index (χ4n) is 8.69. The van der Waals surface area contributed by atoms with E-state index in [9.17, 15) is 13.2 Å². The number of aromatic nitrogens is 3. The topological polar surface area (TPSA) is 54.4 Å². The molecule has 10 heteroatoms. The molecule has 1 saturated carbocycles. The van der Waals surface area contributed by atoms with Gasteiger partial charge in [0.2, 0.25) is 0 Å². The average Bonchev–Trinajstić information content (AvgIpc) is 3.65. The van der Waals surface area contributed by atoms with Gasteiger partial charge in [0.1, 0.15) is 23.6 Å². The molecule has 2 bridgehead atoms. The van der Waals surface area contributed by atoms with Gasteiger partial charge in [-0.25, -0.2) is 4.39 Å². The van der Waals surface area contributed by atoms with Gasteiger partial charge in [0.25, 0.3) is 0 Å². The van der Waals surface area contributed by atoms with E-state index < -0.39 is 17.6 Å². The maximum atomic E-state index is 16.7. The van der Waals surface area contributed by atoms with Gasteiger partial charge in [0.05, 0.1) is 16.5 Å². The van der Waals surface area contributed by atoms with E-state index in [1.807, 2.05) is 0 Å². The van der Waals surface area contributed by atoms with Crippen LogP contribution in [0.2, 0.25) is 0 Å². The molecule has 6 nitrogen and oxygen atoms in total. The molecule has 5 heterocycles. The van der Waals surface area contributed by atoms with Crippen LogP contribution < -0.4 is 9.64 Å². The first kappa shape index (κ1) is 28.0. The molecular formula is C34H35F4N5O. The quantitative estimate of drug-likeness (QED) is 0.220. The van der Waals surface area contributed by atoms with E-state index in [1.165, 1.54) is 37.6 Å². The zero-order valence-electron chi connectivity index (χ0n) is 24.7. The Bertz CT molecular complexity index is 1740. The molecule has 2 aromatic heterocycles. The van der Waals surface area contributed by atoms with Crippen molar-refractivity contribution in [2.75, 3.05) is 37.7 Å². The second kappa shape index (κ2) is 10.3. The van der Waals surface area contributed by atoms with Crippen molar-refractivity contribution >= 4 is 27.5 Å². The fourth-order valence-corrected chi connectivity index (χ4v) is 8.69. The van der Waals surface area contributed by atoms with Crippen LogP contribution in [0.15, 0.2) is 42.6 Å². The highest BCUT2D eigenvalue weighted by atomic mass is 19.4. The van der Waals surface area contributed by atoms with E-state index in [4.69, 9.17) is 9.72 Å². The number of ether oxygens (including phenoxy) is 1. The van der Waals surface area contributed by atoms with Crippen molar-refractivity contribution in [2.45, 2.75) is 57.2 Å². The minimum Gasteiger partial charge on any atom is -0.461 e. The van der Waals surface area contributed by atoms with Gasteiger partial charge >= 0.3 is 12.2 Å². The summed E-state index contributed by atoms with van der Waals surface area (Å²) in [6, 6.07) is 8.81. The third kappa shape index (κ3) is 4.59. The lowest BCUT2D eigenvalue weighted by Gasteiger charge is -2.34. The zero-order valence-corrected chi connectivity index (χ0v) is 24.7. The molecule has 1 aliphatic carbocycles. The molecule has 2 aromatic carbocycles. The molecule has 0 spiro atoms. The molecule has 4 atom stereocenters. The predicted molar refractivity (Wildman–Crippen MR) is 161 cm³/mol. The van der Waals surface area contributed by atoms with Crippen molar-refractivity contribution in [1.29, 1.82) is 0 Å². The van der Waals surface area contributed by atoms with Crippen LogP contribution in [0.3, 0.4) is 0 Å². The highest BCUT2D eigenvalue weighted by molar-refractivity contribution is 6.01. The average molecular weight is 606 g/mol. The van der Waals surface area contributed by atoms with Crippen molar-refractivity contribution in [1.82, 2.24) is 19.9 Å². The SMILES string of the molecule is C[C@H]1CN2CCC[C@@]2(COc2nc(N3CC4CCC(C4)C3)c3cnc(-c4cccc5cccc(C(F)(F)F)c45)c(F)c3n2)C1. The van der Waals surface area contributed by atoms with E-state index >= 15 is 4.39 Å². The lowest BCUT2D eigenvalue weighted by Crippen LogP contribution is -2.43. The Balaban J connectivity index is 1.26. The van der Waals surface area contributed by atoms with Gasteiger partial charge in [-0.05, 0) is 74.3 Å². The second-order valence-electron chi connectivity index (χ2n) is 13.5. The standard InChI is InChI=1S/C34H35F4N5O/c1-20-14-33(11-4-12-43(33)16-20)19-44-32-40-30-25(31(41-32)42-17-21-9-10-22(13-21)18-42)15-39-29(28(30)35)24-7-2-5-23-6-3-8-26(27(23)24)34(36,37)38/h2-3,5-8,15,20-22H,4,9-14,16-19H2,1H3/t20-,21?,22?,33+/m1/s1. The fraction of sp³-hybridized carbons (Fsp3) is 0.500. The number of halogens is 4. The maximum absolute atomic E-state index is 16.7. The van der Waals surface area contributed by atoms with Crippen molar-refractivity contribution in [3.63, 3.8) is 0 Å². The van der Waals surface area contributed by atoms with E-state index in [0.29, 0.717) is 41.0 Å². The van der Waals surface area contributed by atoms with Crippen molar-refractivity contribution in [3.8, 4) is 17.3 Å². The monoisotopic (exact) mass is 605 g/mol. The summed E-state index contributed by atoms with van der Waals surface area (Å²) < 4.78 is 65.4. The Morgan fingerprint density at radius 1 is 1.02 bits per heavy atom. The van der Waals surface area contributed by atoms with E-state index in [0.717, 1.165) is 51.5 Å². The molecule has 4 aromatic rings. The van der Waals surface area contributed by atoms with Gasteiger partial charge < -0.3 is 9.64 Å². The van der Waals surface area contributed by atoms with E-state index in [2.05, 4.69) is 26.7 Å². The van der Waals surface area contributed by atoms with Crippen LogP contribution in [0.5, 0.6) is 6.01 Å². The molecule has 4 aliphatic rings. The summed E-state index contributed by atoms with van der Waals surface area (Å²) in [5.74, 6) is 1.51. The maximum Gasteiger partial charge on any atom is 0.417 e. The predicted octanol–water partition coefficient (Wildman–Crippen LogP) is 7.49. The van der Waals surface area contributed by atoms with Crippen LogP contribution in [-0.2, 0) is 6.18 Å². The zero-order chi connectivity index (χ0) is 30.2. The van der Waals surface area contributed by atoms with Gasteiger partial charge in [0.15, 0.2) is 5.82 Å². The molecule has 230 valence electrons. The van der Waals surface area contributed by atoms with Crippen LogP contribution in [0.1, 0.15) is 51.0 Å². The summed E-state index contributed by atoms with van der Waals surface area (Å²) in [7, 11) is 0. The number of alkyl halides is 3. The van der Waals surface area contributed by atoms with E-state index in [-0.39, 0.29) is 33.7 Å².